The number of thiophene rings is 1. The van der Waals surface area contributed by atoms with E-state index in [2.05, 4.69) is 27.5 Å². The van der Waals surface area contributed by atoms with Crippen LogP contribution in [0.25, 0.3) is 0 Å². The molecule has 1 aliphatic rings. The maximum atomic E-state index is 12.0. The maximum absolute atomic E-state index is 12.0. The first-order valence-electron chi connectivity index (χ1n) is 6.35. The van der Waals surface area contributed by atoms with Crippen molar-refractivity contribution >= 4 is 34.5 Å². The van der Waals surface area contributed by atoms with E-state index >= 15 is 0 Å². The van der Waals surface area contributed by atoms with Crippen LogP contribution in [0.3, 0.4) is 0 Å². The van der Waals surface area contributed by atoms with Crippen LogP contribution in [-0.2, 0) is 6.67 Å². The zero-order chi connectivity index (χ0) is 14.1. The Labute approximate surface area is 130 Å². The summed E-state index contributed by atoms with van der Waals surface area (Å²) in [5.74, 6) is 0. The molecular formula is C13H13Cl2N3OS. The van der Waals surface area contributed by atoms with Crippen molar-refractivity contribution in [2.75, 3.05) is 6.54 Å². The van der Waals surface area contributed by atoms with Gasteiger partial charge in [-0.2, -0.15) is 5.10 Å². The highest BCUT2D eigenvalue weighted by molar-refractivity contribution is 7.10. The third-order valence-electron chi connectivity index (χ3n) is 3.49. The molecule has 20 heavy (non-hydrogen) atoms. The summed E-state index contributed by atoms with van der Waals surface area (Å²) in [6.45, 7) is 1.40. The molecule has 3 rings (SSSR count). The first-order valence-corrected chi connectivity index (χ1v) is 7.99. The van der Waals surface area contributed by atoms with Crippen LogP contribution in [0.2, 0.25) is 10.0 Å². The molecule has 2 aromatic heterocycles. The van der Waals surface area contributed by atoms with Crippen molar-refractivity contribution in [3.63, 3.8) is 0 Å². The van der Waals surface area contributed by atoms with Crippen molar-refractivity contribution in [3.8, 4) is 0 Å². The van der Waals surface area contributed by atoms with Gasteiger partial charge in [0.1, 0.15) is 5.02 Å². The molecule has 0 aliphatic carbocycles. The van der Waals surface area contributed by atoms with Gasteiger partial charge in [-0.3, -0.25) is 9.69 Å². The summed E-state index contributed by atoms with van der Waals surface area (Å²) in [5, 5.41) is 6.38. The van der Waals surface area contributed by atoms with Crippen LogP contribution >= 0.6 is 34.5 Å². The average molecular weight is 330 g/mol. The van der Waals surface area contributed by atoms with Crippen molar-refractivity contribution in [2.24, 2.45) is 0 Å². The lowest BCUT2D eigenvalue weighted by molar-refractivity contribution is 0.189. The number of halogens is 2. The molecule has 7 heteroatoms. The first-order chi connectivity index (χ1) is 9.66. The van der Waals surface area contributed by atoms with Gasteiger partial charge in [-0.1, -0.05) is 29.3 Å². The van der Waals surface area contributed by atoms with Gasteiger partial charge in [0.25, 0.3) is 5.56 Å². The highest BCUT2D eigenvalue weighted by atomic mass is 35.5. The Morgan fingerprint density at radius 3 is 3.05 bits per heavy atom. The Morgan fingerprint density at radius 2 is 2.30 bits per heavy atom. The van der Waals surface area contributed by atoms with Crippen LogP contribution < -0.4 is 5.56 Å². The van der Waals surface area contributed by atoms with E-state index in [0.29, 0.717) is 12.7 Å². The fraction of sp³-hybridized carbons (Fsp3) is 0.385. The van der Waals surface area contributed by atoms with E-state index in [1.807, 2.05) is 0 Å². The maximum Gasteiger partial charge on any atom is 0.288 e. The number of rotatable bonds is 3. The summed E-state index contributed by atoms with van der Waals surface area (Å²) in [6.07, 6.45) is 3.65. The van der Waals surface area contributed by atoms with Gasteiger partial charge in [-0.05, 0) is 24.3 Å². The predicted octanol–water partition coefficient (Wildman–Crippen LogP) is 3.41. The highest BCUT2D eigenvalue weighted by Gasteiger charge is 2.27. The monoisotopic (exact) mass is 329 g/mol. The van der Waals surface area contributed by atoms with Gasteiger partial charge < -0.3 is 0 Å². The van der Waals surface area contributed by atoms with E-state index in [0.717, 1.165) is 19.4 Å². The zero-order valence-electron chi connectivity index (χ0n) is 10.6. The molecule has 1 aliphatic heterocycles. The van der Waals surface area contributed by atoms with Gasteiger partial charge >= 0.3 is 0 Å². The third-order valence-corrected chi connectivity index (χ3v) is 5.22. The summed E-state index contributed by atoms with van der Waals surface area (Å²) >= 11 is 13.4. The lowest BCUT2D eigenvalue weighted by atomic mass is 10.2. The van der Waals surface area contributed by atoms with E-state index in [1.165, 1.54) is 15.8 Å². The fourth-order valence-electron chi connectivity index (χ4n) is 2.52. The summed E-state index contributed by atoms with van der Waals surface area (Å²) < 4.78 is 1.38. The molecule has 2 aromatic rings. The highest BCUT2D eigenvalue weighted by Crippen LogP contribution is 2.34. The Bertz CT molecular complexity index is 656. The summed E-state index contributed by atoms with van der Waals surface area (Å²) in [5.41, 5.74) is -0.337. The molecule has 3 heterocycles. The molecule has 0 amide bonds. The van der Waals surface area contributed by atoms with E-state index in [1.54, 1.807) is 11.3 Å². The second-order valence-electron chi connectivity index (χ2n) is 4.74. The van der Waals surface area contributed by atoms with Crippen molar-refractivity contribution in [1.29, 1.82) is 0 Å². The smallest absolute Gasteiger partial charge is 0.276 e. The molecule has 0 saturated carbocycles. The van der Waals surface area contributed by atoms with Crippen molar-refractivity contribution in [1.82, 2.24) is 14.7 Å². The van der Waals surface area contributed by atoms with Gasteiger partial charge in [-0.15, -0.1) is 11.3 Å². The number of nitrogens with zero attached hydrogens (tertiary/aromatic N) is 3. The molecule has 0 N–H and O–H groups in total. The SMILES string of the molecule is O=c1c(Cl)c(Cl)cnn1CN1CCC[C@@H]1c1cccs1. The first kappa shape index (κ1) is 14.1. The van der Waals surface area contributed by atoms with E-state index < -0.39 is 0 Å². The number of likely N-dealkylation sites (tertiary alicyclic amines) is 1. The Balaban J connectivity index is 1.84. The Morgan fingerprint density at radius 1 is 1.45 bits per heavy atom. The fourth-order valence-corrected chi connectivity index (χ4v) is 3.68. The van der Waals surface area contributed by atoms with Crippen LogP contribution in [0.15, 0.2) is 28.5 Å². The molecule has 4 nitrogen and oxygen atoms in total. The van der Waals surface area contributed by atoms with Crippen molar-refractivity contribution in [2.45, 2.75) is 25.6 Å². The van der Waals surface area contributed by atoms with E-state index in [9.17, 15) is 4.79 Å². The van der Waals surface area contributed by atoms with Gasteiger partial charge in [0.05, 0.1) is 17.9 Å². The number of aromatic nitrogens is 2. The molecular weight excluding hydrogens is 317 g/mol. The normalized spacial score (nSPS) is 19.6. The van der Waals surface area contributed by atoms with Gasteiger partial charge in [0, 0.05) is 17.5 Å². The van der Waals surface area contributed by atoms with Crippen molar-refractivity contribution < 1.29 is 0 Å². The molecule has 0 unspecified atom stereocenters. The van der Waals surface area contributed by atoms with Gasteiger partial charge in [0.15, 0.2) is 0 Å². The lowest BCUT2D eigenvalue weighted by Crippen LogP contribution is -2.33. The molecule has 1 atom stereocenters. The zero-order valence-corrected chi connectivity index (χ0v) is 13.0. The molecule has 1 saturated heterocycles. The largest absolute Gasteiger partial charge is 0.288 e. The quantitative estimate of drug-likeness (QED) is 0.866. The van der Waals surface area contributed by atoms with Gasteiger partial charge in [0.2, 0.25) is 0 Å². The molecule has 1 fully saturated rings. The molecule has 0 aromatic carbocycles. The van der Waals surface area contributed by atoms with Crippen LogP contribution in [0.1, 0.15) is 23.8 Å². The second-order valence-corrected chi connectivity index (χ2v) is 6.50. The summed E-state index contributed by atoms with van der Waals surface area (Å²) in [6, 6.07) is 4.55. The topological polar surface area (TPSA) is 38.1 Å². The van der Waals surface area contributed by atoms with Crippen LogP contribution in [0, 0.1) is 0 Å². The summed E-state index contributed by atoms with van der Waals surface area (Å²) in [7, 11) is 0. The van der Waals surface area contributed by atoms with E-state index in [4.69, 9.17) is 23.2 Å². The average Bonchev–Trinajstić information content (AvgIpc) is 3.09. The predicted molar refractivity (Wildman–Crippen MR) is 81.5 cm³/mol. The molecule has 0 spiro atoms. The lowest BCUT2D eigenvalue weighted by Gasteiger charge is -2.23. The number of hydrogen-bond donors (Lipinski definition) is 0. The summed E-state index contributed by atoms with van der Waals surface area (Å²) in [4.78, 5) is 15.6. The van der Waals surface area contributed by atoms with Crippen LogP contribution in [-0.4, -0.2) is 21.2 Å². The van der Waals surface area contributed by atoms with Crippen molar-refractivity contribution in [3.05, 3.63) is 49.0 Å². The molecule has 0 radical (unpaired) electrons. The van der Waals surface area contributed by atoms with Crippen LogP contribution in [0.4, 0.5) is 0 Å². The minimum Gasteiger partial charge on any atom is -0.276 e. The molecule has 106 valence electrons. The minimum atomic E-state index is -0.337. The Kier molecular flexibility index (Phi) is 4.12. The number of hydrogen-bond acceptors (Lipinski definition) is 4. The molecule has 0 bridgehead atoms. The minimum absolute atomic E-state index is 0.0357. The van der Waals surface area contributed by atoms with E-state index in [-0.39, 0.29) is 15.6 Å². The van der Waals surface area contributed by atoms with Crippen LogP contribution in [0.5, 0.6) is 0 Å². The Hall–Kier alpha value is -0.880. The van der Waals surface area contributed by atoms with Gasteiger partial charge in [-0.25, -0.2) is 4.68 Å². The standard InChI is InChI=1S/C13H13Cl2N3OS/c14-9-7-16-18(13(19)12(9)15)8-17-5-1-3-10(17)11-4-2-6-20-11/h2,4,6-7,10H,1,3,5,8H2/t10-/m1/s1. The second kappa shape index (κ2) is 5.85. The third kappa shape index (κ3) is 2.63.